The van der Waals surface area contributed by atoms with Crippen LogP contribution in [0.25, 0.3) is 0 Å². The lowest BCUT2D eigenvalue weighted by Gasteiger charge is -2.25. The first-order chi connectivity index (χ1) is 6.16. The van der Waals surface area contributed by atoms with E-state index in [0.29, 0.717) is 5.92 Å². The van der Waals surface area contributed by atoms with Gasteiger partial charge in [0.2, 0.25) is 0 Å². The van der Waals surface area contributed by atoms with Crippen molar-refractivity contribution in [2.24, 2.45) is 11.7 Å². The lowest BCUT2D eigenvalue weighted by molar-refractivity contribution is 0.396. The van der Waals surface area contributed by atoms with Crippen molar-refractivity contribution in [3.05, 3.63) is 18.2 Å². The molecule has 2 N–H and O–H groups in total. The lowest BCUT2D eigenvalue weighted by atomic mass is 9.93. The molecular formula is C10H17N3. The Morgan fingerprint density at radius 1 is 1.69 bits per heavy atom. The molecule has 1 heterocycles. The van der Waals surface area contributed by atoms with Gasteiger partial charge in [-0.1, -0.05) is 0 Å². The molecular weight excluding hydrogens is 162 g/mol. The van der Waals surface area contributed by atoms with Gasteiger partial charge in [-0.2, -0.15) is 0 Å². The smallest absolute Gasteiger partial charge is 0.0948 e. The highest BCUT2D eigenvalue weighted by Gasteiger charge is 2.41. The zero-order chi connectivity index (χ0) is 9.47. The minimum absolute atomic E-state index is 0.174. The summed E-state index contributed by atoms with van der Waals surface area (Å²) in [6.45, 7) is 5.19. The van der Waals surface area contributed by atoms with Crippen LogP contribution in [0.5, 0.6) is 0 Å². The Bertz CT molecular complexity index is 297. The molecule has 3 heteroatoms. The number of rotatable bonds is 3. The van der Waals surface area contributed by atoms with Crippen LogP contribution < -0.4 is 5.73 Å². The SMILES string of the molecule is CCn1cncc1C(C)(N)C1CC1. The number of imidazole rings is 1. The minimum Gasteiger partial charge on any atom is -0.333 e. The Balaban J connectivity index is 2.32. The predicted molar refractivity (Wildman–Crippen MR) is 52.2 cm³/mol. The molecule has 0 aromatic carbocycles. The van der Waals surface area contributed by atoms with E-state index in [1.54, 1.807) is 0 Å². The van der Waals surface area contributed by atoms with Crippen molar-refractivity contribution in [1.29, 1.82) is 0 Å². The van der Waals surface area contributed by atoms with E-state index in [4.69, 9.17) is 5.73 Å². The summed E-state index contributed by atoms with van der Waals surface area (Å²) in [5, 5.41) is 0. The van der Waals surface area contributed by atoms with E-state index < -0.39 is 0 Å². The number of nitrogens with zero attached hydrogens (tertiary/aromatic N) is 2. The third-order valence-corrected chi connectivity index (χ3v) is 3.03. The number of aryl methyl sites for hydroxylation is 1. The Morgan fingerprint density at radius 3 is 2.92 bits per heavy atom. The second-order valence-corrected chi connectivity index (χ2v) is 4.12. The van der Waals surface area contributed by atoms with Gasteiger partial charge in [0.1, 0.15) is 0 Å². The van der Waals surface area contributed by atoms with Gasteiger partial charge in [0.25, 0.3) is 0 Å². The van der Waals surface area contributed by atoms with Crippen LogP contribution >= 0.6 is 0 Å². The third-order valence-electron chi connectivity index (χ3n) is 3.03. The number of aromatic nitrogens is 2. The molecule has 3 nitrogen and oxygen atoms in total. The highest BCUT2D eigenvalue weighted by Crippen LogP contribution is 2.43. The van der Waals surface area contributed by atoms with Gasteiger partial charge in [0.05, 0.1) is 23.8 Å². The molecule has 0 spiro atoms. The minimum atomic E-state index is -0.174. The summed E-state index contributed by atoms with van der Waals surface area (Å²) in [6.07, 6.45) is 6.30. The highest BCUT2D eigenvalue weighted by atomic mass is 15.1. The Morgan fingerprint density at radius 2 is 2.38 bits per heavy atom. The summed E-state index contributed by atoms with van der Waals surface area (Å²) in [6, 6.07) is 0. The van der Waals surface area contributed by atoms with E-state index >= 15 is 0 Å². The van der Waals surface area contributed by atoms with E-state index in [0.717, 1.165) is 6.54 Å². The van der Waals surface area contributed by atoms with E-state index in [2.05, 4.69) is 23.4 Å². The van der Waals surface area contributed by atoms with Crippen LogP contribution in [0.15, 0.2) is 12.5 Å². The van der Waals surface area contributed by atoms with Gasteiger partial charge < -0.3 is 10.3 Å². The van der Waals surface area contributed by atoms with Gasteiger partial charge >= 0.3 is 0 Å². The molecule has 0 bridgehead atoms. The molecule has 2 rings (SSSR count). The first kappa shape index (κ1) is 8.75. The fraction of sp³-hybridized carbons (Fsp3) is 0.700. The molecule has 1 atom stereocenters. The normalized spacial score (nSPS) is 21.5. The van der Waals surface area contributed by atoms with Crippen LogP contribution in [0.4, 0.5) is 0 Å². The number of nitrogens with two attached hydrogens (primary N) is 1. The average Bonchev–Trinajstić information content (AvgIpc) is 2.84. The molecule has 0 amide bonds. The van der Waals surface area contributed by atoms with Crippen LogP contribution in [0.3, 0.4) is 0 Å². The van der Waals surface area contributed by atoms with E-state index in [9.17, 15) is 0 Å². The molecule has 1 aromatic rings. The topological polar surface area (TPSA) is 43.8 Å². The van der Waals surface area contributed by atoms with Crippen molar-refractivity contribution >= 4 is 0 Å². The monoisotopic (exact) mass is 179 g/mol. The van der Waals surface area contributed by atoms with Crippen LogP contribution in [-0.4, -0.2) is 9.55 Å². The molecule has 1 fully saturated rings. The summed E-state index contributed by atoms with van der Waals surface area (Å²) in [5.74, 6) is 0.662. The molecule has 0 radical (unpaired) electrons. The maximum atomic E-state index is 6.30. The molecule has 13 heavy (non-hydrogen) atoms. The Labute approximate surface area is 79.0 Å². The van der Waals surface area contributed by atoms with Crippen molar-refractivity contribution in [2.75, 3.05) is 0 Å². The maximum absolute atomic E-state index is 6.30. The fourth-order valence-electron chi connectivity index (χ4n) is 1.91. The molecule has 1 aliphatic rings. The van der Waals surface area contributed by atoms with Gasteiger partial charge in [0, 0.05) is 6.54 Å². The number of hydrogen-bond donors (Lipinski definition) is 1. The van der Waals surface area contributed by atoms with Gasteiger partial charge in [0.15, 0.2) is 0 Å². The van der Waals surface area contributed by atoms with Gasteiger partial charge in [-0.05, 0) is 32.6 Å². The first-order valence-corrected chi connectivity index (χ1v) is 4.95. The van der Waals surface area contributed by atoms with Crippen LogP contribution in [0, 0.1) is 5.92 Å². The second-order valence-electron chi connectivity index (χ2n) is 4.12. The van der Waals surface area contributed by atoms with Crippen LogP contribution in [-0.2, 0) is 12.1 Å². The molecule has 0 aliphatic heterocycles. The highest BCUT2D eigenvalue weighted by molar-refractivity contribution is 5.16. The largest absolute Gasteiger partial charge is 0.333 e. The standard InChI is InChI=1S/C10H17N3/c1-3-13-7-12-6-9(13)10(2,11)8-4-5-8/h6-8H,3-5,11H2,1-2H3. The van der Waals surface area contributed by atoms with Crippen LogP contribution in [0.2, 0.25) is 0 Å². The van der Waals surface area contributed by atoms with E-state index in [1.165, 1.54) is 18.5 Å². The second kappa shape index (κ2) is 2.84. The maximum Gasteiger partial charge on any atom is 0.0948 e. The van der Waals surface area contributed by atoms with Crippen molar-refractivity contribution in [3.8, 4) is 0 Å². The predicted octanol–water partition coefficient (Wildman–Crippen LogP) is 1.49. The van der Waals surface area contributed by atoms with Gasteiger partial charge in [-0.15, -0.1) is 0 Å². The summed E-state index contributed by atoms with van der Waals surface area (Å²) >= 11 is 0. The zero-order valence-electron chi connectivity index (χ0n) is 8.33. The molecule has 1 saturated carbocycles. The van der Waals surface area contributed by atoms with Crippen molar-refractivity contribution in [2.45, 2.75) is 38.8 Å². The van der Waals surface area contributed by atoms with Crippen LogP contribution in [0.1, 0.15) is 32.4 Å². The third kappa shape index (κ3) is 1.37. The number of hydrogen-bond acceptors (Lipinski definition) is 2. The van der Waals surface area contributed by atoms with E-state index in [-0.39, 0.29) is 5.54 Å². The molecule has 0 saturated heterocycles. The van der Waals surface area contributed by atoms with Crippen molar-refractivity contribution < 1.29 is 0 Å². The summed E-state index contributed by atoms with van der Waals surface area (Å²) in [4.78, 5) is 4.15. The van der Waals surface area contributed by atoms with Crippen molar-refractivity contribution in [3.63, 3.8) is 0 Å². The zero-order valence-corrected chi connectivity index (χ0v) is 8.33. The van der Waals surface area contributed by atoms with Crippen molar-refractivity contribution in [1.82, 2.24) is 9.55 Å². The summed E-state index contributed by atoms with van der Waals surface area (Å²) in [5.41, 5.74) is 7.31. The van der Waals surface area contributed by atoms with Gasteiger partial charge in [-0.3, -0.25) is 0 Å². The Kier molecular flexibility index (Phi) is 1.91. The first-order valence-electron chi connectivity index (χ1n) is 4.95. The summed E-state index contributed by atoms with van der Waals surface area (Å²) in [7, 11) is 0. The van der Waals surface area contributed by atoms with E-state index in [1.807, 2.05) is 12.5 Å². The summed E-state index contributed by atoms with van der Waals surface area (Å²) < 4.78 is 2.14. The average molecular weight is 179 g/mol. The molecule has 1 aliphatic carbocycles. The fourth-order valence-corrected chi connectivity index (χ4v) is 1.91. The van der Waals surface area contributed by atoms with Gasteiger partial charge in [-0.25, -0.2) is 4.98 Å². The lowest BCUT2D eigenvalue weighted by Crippen LogP contribution is -2.37. The quantitative estimate of drug-likeness (QED) is 0.764. The Hall–Kier alpha value is -0.830. The molecule has 1 aromatic heterocycles. The molecule has 1 unspecified atom stereocenters. The molecule has 72 valence electrons.